The van der Waals surface area contributed by atoms with E-state index in [9.17, 15) is 16.8 Å². The number of anilines is 2. The van der Waals surface area contributed by atoms with Crippen LogP contribution >= 0.6 is 0 Å². The number of hydrogen-bond acceptors (Lipinski definition) is 4. The number of nitrogens with one attached hydrogen (secondary N) is 1. The van der Waals surface area contributed by atoms with Crippen LogP contribution in [0.15, 0.2) is 47.4 Å². The van der Waals surface area contributed by atoms with E-state index < -0.39 is 20.0 Å². The Hall–Kier alpha value is -2.06. The standard InChI is InChI=1S/C18H22N2O4S2/c1-13-4-5-14(2)18(12-13)26(23,24)19-15-6-8-16(9-7-15)20(17-10-11-17)25(3,21)22/h4-9,12,17,19H,10-11H2,1-3H3. The fourth-order valence-corrected chi connectivity index (χ4v) is 5.51. The quantitative estimate of drug-likeness (QED) is 0.816. The van der Waals surface area contributed by atoms with Crippen molar-refractivity contribution in [3.05, 3.63) is 53.6 Å². The zero-order valence-electron chi connectivity index (χ0n) is 14.9. The predicted molar refractivity (Wildman–Crippen MR) is 104 cm³/mol. The minimum atomic E-state index is -3.71. The zero-order chi connectivity index (χ0) is 19.1. The van der Waals surface area contributed by atoms with Crippen molar-refractivity contribution in [3.8, 4) is 0 Å². The van der Waals surface area contributed by atoms with Crippen molar-refractivity contribution in [3.63, 3.8) is 0 Å². The summed E-state index contributed by atoms with van der Waals surface area (Å²) >= 11 is 0. The highest BCUT2D eigenvalue weighted by Gasteiger charge is 2.35. The third kappa shape index (κ3) is 4.02. The number of rotatable bonds is 6. The molecule has 0 saturated heterocycles. The van der Waals surface area contributed by atoms with Gasteiger partial charge < -0.3 is 0 Å². The Morgan fingerprint density at radius 2 is 1.58 bits per heavy atom. The fraction of sp³-hybridized carbons (Fsp3) is 0.333. The first-order chi connectivity index (χ1) is 12.1. The monoisotopic (exact) mass is 394 g/mol. The number of benzene rings is 2. The molecule has 2 aromatic carbocycles. The topological polar surface area (TPSA) is 83.6 Å². The van der Waals surface area contributed by atoms with Crippen LogP contribution in [-0.4, -0.2) is 29.1 Å². The van der Waals surface area contributed by atoms with Crippen LogP contribution in [0.2, 0.25) is 0 Å². The van der Waals surface area contributed by atoms with Crippen LogP contribution in [0.1, 0.15) is 24.0 Å². The van der Waals surface area contributed by atoms with E-state index in [1.165, 1.54) is 10.6 Å². The minimum absolute atomic E-state index is 0.00230. The summed E-state index contributed by atoms with van der Waals surface area (Å²) in [6, 6.07) is 11.7. The lowest BCUT2D eigenvalue weighted by atomic mass is 10.2. The molecular formula is C18H22N2O4S2. The van der Waals surface area contributed by atoms with Gasteiger partial charge in [0.2, 0.25) is 10.0 Å². The van der Waals surface area contributed by atoms with Crippen LogP contribution in [-0.2, 0) is 20.0 Å². The molecule has 0 bridgehead atoms. The molecule has 3 rings (SSSR count). The van der Waals surface area contributed by atoms with Crippen molar-refractivity contribution in [1.82, 2.24) is 0 Å². The number of sulfonamides is 2. The van der Waals surface area contributed by atoms with Gasteiger partial charge in [-0.1, -0.05) is 12.1 Å². The summed E-state index contributed by atoms with van der Waals surface area (Å²) in [4.78, 5) is 0.234. The first-order valence-corrected chi connectivity index (χ1v) is 11.6. The van der Waals surface area contributed by atoms with Crippen LogP contribution < -0.4 is 9.03 Å². The van der Waals surface area contributed by atoms with E-state index in [-0.39, 0.29) is 10.9 Å². The first kappa shape index (κ1) is 18.7. The lowest BCUT2D eigenvalue weighted by molar-refractivity contribution is 0.595. The van der Waals surface area contributed by atoms with Crippen LogP contribution in [0.4, 0.5) is 11.4 Å². The van der Waals surface area contributed by atoms with Crippen molar-refractivity contribution < 1.29 is 16.8 Å². The zero-order valence-corrected chi connectivity index (χ0v) is 16.6. The molecule has 0 unspecified atom stereocenters. The maximum Gasteiger partial charge on any atom is 0.262 e. The van der Waals surface area contributed by atoms with Gasteiger partial charge in [0.15, 0.2) is 0 Å². The highest BCUT2D eigenvalue weighted by molar-refractivity contribution is 7.92. The van der Waals surface area contributed by atoms with Crippen LogP contribution in [0.5, 0.6) is 0 Å². The molecule has 0 aliphatic heterocycles. The third-order valence-electron chi connectivity index (χ3n) is 4.24. The van der Waals surface area contributed by atoms with Gasteiger partial charge in [-0.25, -0.2) is 16.8 Å². The summed E-state index contributed by atoms with van der Waals surface area (Å²) in [6.07, 6.45) is 2.87. The molecule has 0 spiro atoms. The Balaban J connectivity index is 1.86. The predicted octanol–water partition coefficient (Wildman–Crippen LogP) is 3.03. The molecule has 2 aromatic rings. The SMILES string of the molecule is Cc1ccc(C)c(S(=O)(=O)Nc2ccc(N(C3CC3)S(C)(=O)=O)cc2)c1. The van der Waals surface area contributed by atoms with E-state index >= 15 is 0 Å². The van der Waals surface area contributed by atoms with Gasteiger partial charge in [0.1, 0.15) is 0 Å². The lowest BCUT2D eigenvalue weighted by Gasteiger charge is -2.22. The van der Waals surface area contributed by atoms with Gasteiger partial charge in [0.05, 0.1) is 16.8 Å². The van der Waals surface area contributed by atoms with Gasteiger partial charge in [-0.05, 0) is 68.1 Å². The van der Waals surface area contributed by atoms with Crippen LogP contribution in [0, 0.1) is 13.8 Å². The lowest BCUT2D eigenvalue weighted by Crippen LogP contribution is -2.31. The Bertz CT molecular complexity index is 1030. The van der Waals surface area contributed by atoms with Crippen molar-refractivity contribution in [2.24, 2.45) is 0 Å². The van der Waals surface area contributed by atoms with Crippen LogP contribution in [0.3, 0.4) is 0 Å². The average molecular weight is 395 g/mol. The van der Waals surface area contributed by atoms with E-state index in [1.54, 1.807) is 43.3 Å². The molecule has 6 nitrogen and oxygen atoms in total. The van der Waals surface area contributed by atoms with Crippen LogP contribution in [0.25, 0.3) is 0 Å². The third-order valence-corrected chi connectivity index (χ3v) is 6.99. The molecular weight excluding hydrogens is 372 g/mol. The van der Waals surface area contributed by atoms with Gasteiger partial charge in [0, 0.05) is 11.7 Å². The molecule has 8 heteroatoms. The van der Waals surface area contributed by atoms with E-state index in [2.05, 4.69) is 4.72 Å². The number of aryl methyl sites for hydroxylation is 2. The Morgan fingerprint density at radius 3 is 2.12 bits per heavy atom. The summed E-state index contributed by atoms with van der Waals surface area (Å²) in [7, 11) is -7.08. The second kappa shape index (κ2) is 6.59. The van der Waals surface area contributed by atoms with E-state index in [1.807, 2.05) is 13.0 Å². The van der Waals surface area contributed by atoms with Crippen molar-refractivity contribution in [2.45, 2.75) is 37.6 Å². The van der Waals surface area contributed by atoms with Crippen molar-refractivity contribution >= 4 is 31.4 Å². The van der Waals surface area contributed by atoms with E-state index in [0.29, 0.717) is 16.9 Å². The summed E-state index contributed by atoms with van der Waals surface area (Å²) in [5, 5.41) is 0. The molecule has 1 N–H and O–H groups in total. The molecule has 1 aliphatic carbocycles. The summed E-state index contributed by atoms with van der Waals surface area (Å²) in [5.74, 6) is 0. The van der Waals surface area contributed by atoms with Crippen molar-refractivity contribution in [2.75, 3.05) is 15.3 Å². The second-order valence-electron chi connectivity index (χ2n) is 6.71. The molecule has 0 atom stereocenters. The first-order valence-electron chi connectivity index (χ1n) is 8.27. The van der Waals surface area contributed by atoms with E-state index in [0.717, 1.165) is 18.4 Å². The summed E-state index contributed by atoms with van der Waals surface area (Å²) < 4.78 is 53.3. The molecule has 0 radical (unpaired) electrons. The Labute approximate surface area is 155 Å². The maximum absolute atomic E-state index is 12.7. The molecule has 1 saturated carbocycles. The molecule has 26 heavy (non-hydrogen) atoms. The molecule has 140 valence electrons. The Kier molecular flexibility index (Phi) is 4.74. The molecule has 1 fully saturated rings. The highest BCUT2D eigenvalue weighted by Crippen LogP contribution is 2.34. The van der Waals surface area contributed by atoms with Gasteiger partial charge in [-0.2, -0.15) is 0 Å². The normalized spacial score (nSPS) is 14.9. The largest absolute Gasteiger partial charge is 0.280 e. The number of nitrogens with zero attached hydrogens (tertiary/aromatic N) is 1. The van der Waals surface area contributed by atoms with Gasteiger partial charge in [-0.3, -0.25) is 9.03 Å². The van der Waals surface area contributed by atoms with Gasteiger partial charge >= 0.3 is 0 Å². The van der Waals surface area contributed by atoms with E-state index in [4.69, 9.17) is 0 Å². The minimum Gasteiger partial charge on any atom is -0.280 e. The number of hydrogen-bond donors (Lipinski definition) is 1. The van der Waals surface area contributed by atoms with Gasteiger partial charge in [-0.15, -0.1) is 0 Å². The summed E-state index contributed by atoms with van der Waals surface area (Å²) in [6.45, 7) is 3.58. The second-order valence-corrected chi connectivity index (χ2v) is 10.2. The van der Waals surface area contributed by atoms with Crippen molar-refractivity contribution in [1.29, 1.82) is 0 Å². The molecule has 1 aliphatic rings. The fourth-order valence-electron chi connectivity index (χ4n) is 2.87. The van der Waals surface area contributed by atoms with Gasteiger partial charge in [0.25, 0.3) is 10.0 Å². The highest BCUT2D eigenvalue weighted by atomic mass is 32.2. The molecule has 0 heterocycles. The smallest absolute Gasteiger partial charge is 0.262 e. The summed E-state index contributed by atoms with van der Waals surface area (Å²) in [5.41, 5.74) is 2.46. The maximum atomic E-state index is 12.7. The average Bonchev–Trinajstić information content (AvgIpc) is 3.34. The molecule has 0 aromatic heterocycles. The Morgan fingerprint density at radius 1 is 0.962 bits per heavy atom. The molecule has 0 amide bonds.